The average molecular weight is 256 g/mol. The minimum absolute atomic E-state index is 0.107. The first-order valence-electron chi connectivity index (χ1n) is 6.91. The third kappa shape index (κ3) is 3.93. The quantitative estimate of drug-likeness (QED) is 0.773. The largest absolute Gasteiger partial charge is 0.377 e. The molecular weight excluding hydrogens is 232 g/mol. The van der Waals surface area contributed by atoms with Crippen LogP contribution in [0.5, 0.6) is 0 Å². The minimum Gasteiger partial charge on any atom is -0.377 e. The highest BCUT2D eigenvalue weighted by atomic mass is 16.5. The molecule has 2 heterocycles. The minimum atomic E-state index is 0.107. The first kappa shape index (κ1) is 13.8. The number of nitrogens with one attached hydrogen (secondary N) is 1. The van der Waals surface area contributed by atoms with Crippen molar-refractivity contribution < 1.29 is 14.3 Å². The number of likely N-dealkylation sites (tertiary alicyclic amines) is 1. The molecule has 104 valence electrons. The lowest BCUT2D eigenvalue weighted by Gasteiger charge is -2.32. The van der Waals surface area contributed by atoms with Crippen LogP contribution in [-0.4, -0.2) is 62.9 Å². The van der Waals surface area contributed by atoms with Gasteiger partial charge in [-0.15, -0.1) is 0 Å². The van der Waals surface area contributed by atoms with E-state index in [1.54, 1.807) is 7.11 Å². The number of piperidine rings is 1. The van der Waals surface area contributed by atoms with E-state index in [4.69, 9.17) is 9.47 Å². The zero-order chi connectivity index (χ0) is 12.8. The van der Waals surface area contributed by atoms with Gasteiger partial charge in [0.05, 0.1) is 6.10 Å². The van der Waals surface area contributed by atoms with Crippen LogP contribution in [0.4, 0.5) is 0 Å². The van der Waals surface area contributed by atoms with Crippen molar-refractivity contribution in [3.63, 3.8) is 0 Å². The fourth-order valence-electron chi connectivity index (χ4n) is 2.65. The number of ether oxygens (including phenoxy) is 2. The molecule has 2 aliphatic heterocycles. The average Bonchev–Trinajstić information content (AvgIpc) is 2.90. The summed E-state index contributed by atoms with van der Waals surface area (Å²) in [7, 11) is 1.56. The van der Waals surface area contributed by atoms with E-state index in [1.165, 1.54) is 12.8 Å². The predicted octanol–water partition coefficient (Wildman–Crippen LogP) is 0.392. The number of nitrogens with zero attached hydrogens (tertiary/aromatic N) is 1. The highest BCUT2D eigenvalue weighted by Crippen LogP contribution is 2.14. The zero-order valence-corrected chi connectivity index (χ0v) is 11.2. The van der Waals surface area contributed by atoms with Crippen LogP contribution in [0.15, 0.2) is 0 Å². The van der Waals surface area contributed by atoms with Crippen molar-refractivity contribution in [3.05, 3.63) is 0 Å². The van der Waals surface area contributed by atoms with Crippen molar-refractivity contribution >= 4 is 5.91 Å². The van der Waals surface area contributed by atoms with Crippen molar-refractivity contribution in [2.24, 2.45) is 0 Å². The Bertz CT molecular complexity index is 259. The fourth-order valence-corrected chi connectivity index (χ4v) is 2.65. The summed E-state index contributed by atoms with van der Waals surface area (Å²) in [4.78, 5) is 13.5. The first-order chi connectivity index (χ1) is 8.79. The van der Waals surface area contributed by atoms with Crippen LogP contribution < -0.4 is 5.32 Å². The monoisotopic (exact) mass is 256 g/mol. The second-order valence-corrected chi connectivity index (χ2v) is 5.13. The van der Waals surface area contributed by atoms with Gasteiger partial charge in [0.15, 0.2) is 0 Å². The normalized spacial score (nSPS) is 25.6. The molecule has 0 aromatic carbocycles. The van der Waals surface area contributed by atoms with Crippen LogP contribution in [0.1, 0.15) is 25.7 Å². The van der Waals surface area contributed by atoms with Crippen molar-refractivity contribution in [1.29, 1.82) is 0 Å². The summed E-state index contributed by atoms with van der Waals surface area (Å²) in [5.41, 5.74) is 0. The molecular formula is C13H24N2O3. The molecule has 1 N–H and O–H groups in total. The van der Waals surface area contributed by atoms with Gasteiger partial charge in [0.25, 0.3) is 0 Å². The smallest absolute Gasteiger partial charge is 0.248 e. The molecule has 2 fully saturated rings. The first-order valence-corrected chi connectivity index (χ1v) is 6.91. The van der Waals surface area contributed by atoms with E-state index >= 15 is 0 Å². The molecule has 2 aliphatic rings. The Hall–Kier alpha value is -0.650. The Morgan fingerprint density at radius 2 is 2.17 bits per heavy atom. The molecule has 0 radical (unpaired) electrons. The molecule has 0 aromatic heterocycles. The van der Waals surface area contributed by atoms with Crippen molar-refractivity contribution in [2.45, 2.75) is 37.8 Å². The molecule has 1 unspecified atom stereocenters. The van der Waals surface area contributed by atoms with E-state index < -0.39 is 0 Å². The van der Waals surface area contributed by atoms with Crippen LogP contribution in [0.3, 0.4) is 0 Å². The van der Waals surface area contributed by atoms with Gasteiger partial charge in [0, 0.05) is 39.4 Å². The highest BCUT2D eigenvalue weighted by Gasteiger charge is 2.23. The summed E-state index contributed by atoms with van der Waals surface area (Å²) in [6.45, 7) is 3.75. The summed E-state index contributed by atoms with van der Waals surface area (Å²) >= 11 is 0. The molecule has 5 nitrogen and oxygen atoms in total. The van der Waals surface area contributed by atoms with Gasteiger partial charge in [0.1, 0.15) is 6.61 Å². The van der Waals surface area contributed by atoms with Crippen LogP contribution >= 0.6 is 0 Å². The molecule has 2 rings (SSSR count). The van der Waals surface area contributed by atoms with Gasteiger partial charge in [0.2, 0.25) is 5.91 Å². The van der Waals surface area contributed by atoms with Crippen LogP contribution in [0.2, 0.25) is 0 Å². The number of carbonyl (C=O) groups excluding carboxylic acids is 1. The second kappa shape index (κ2) is 7.07. The summed E-state index contributed by atoms with van der Waals surface area (Å²) < 4.78 is 10.5. The number of methoxy groups -OCH3 is 1. The molecule has 1 atom stereocenters. The van der Waals surface area contributed by atoms with Crippen molar-refractivity contribution in [1.82, 2.24) is 10.2 Å². The van der Waals surface area contributed by atoms with Gasteiger partial charge in [-0.05, 0) is 25.7 Å². The van der Waals surface area contributed by atoms with E-state index in [-0.39, 0.29) is 12.5 Å². The van der Waals surface area contributed by atoms with E-state index in [0.717, 1.165) is 39.1 Å². The Kier molecular flexibility index (Phi) is 5.41. The van der Waals surface area contributed by atoms with Crippen LogP contribution in [-0.2, 0) is 14.3 Å². The van der Waals surface area contributed by atoms with Crippen LogP contribution in [0.25, 0.3) is 0 Å². The lowest BCUT2D eigenvalue weighted by atomic mass is 10.0. The molecule has 0 spiro atoms. The Morgan fingerprint density at radius 3 is 2.78 bits per heavy atom. The van der Waals surface area contributed by atoms with Crippen molar-refractivity contribution in [3.8, 4) is 0 Å². The van der Waals surface area contributed by atoms with E-state index in [9.17, 15) is 4.79 Å². The topological polar surface area (TPSA) is 50.8 Å². The van der Waals surface area contributed by atoms with Gasteiger partial charge < -0.3 is 19.7 Å². The maximum atomic E-state index is 11.6. The summed E-state index contributed by atoms with van der Waals surface area (Å²) in [6.07, 6.45) is 4.83. The molecule has 0 saturated carbocycles. The number of hydrogen-bond acceptors (Lipinski definition) is 4. The Morgan fingerprint density at radius 1 is 1.39 bits per heavy atom. The molecule has 0 bridgehead atoms. The number of rotatable bonds is 5. The van der Waals surface area contributed by atoms with Gasteiger partial charge >= 0.3 is 0 Å². The SMILES string of the molecule is COCC(=O)N1CCC(NCC2CCCO2)CC1. The van der Waals surface area contributed by atoms with Gasteiger partial charge in [-0.25, -0.2) is 0 Å². The Balaban J connectivity index is 1.62. The summed E-state index contributed by atoms with van der Waals surface area (Å²) in [5.74, 6) is 0.107. The predicted molar refractivity (Wildman–Crippen MR) is 68.5 cm³/mol. The lowest BCUT2D eigenvalue weighted by Crippen LogP contribution is -2.47. The maximum Gasteiger partial charge on any atom is 0.248 e. The molecule has 1 amide bonds. The zero-order valence-electron chi connectivity index (χ0n) is 11.2. The summed E-state index contributed by atoms with van der Waals surface area (Å²) in [5, 5.41) is 3.56. The fraction of sp³-hybridized carbons (Fsp3) is 0.923. The van der Waals surface area contributed by atoms with E-state index in [1.807, 2.05) is 4.90 Å². The number of amides is 1. The van der Waals surface area contributed by atoms with E-state index in [0.29, 0.717) is 12.1 Å². The lowest BCUT2D eigenvalue weighted by molar-refractivity contribution is -0.136. The third-order valence-electron chi connectivity index (χ3n) is 3.77. The summed E-state index contributed by atoms with van der Waals surface area (Å²) in [6, 6.07) is 0.529. The molecule has 5 heteroatoms. The second-order valence-electron chi connectivity index (χ2n) is 5.13. The van der Waals surface area contributed by atoms with Gasteiger partial charge in [-0.1, -0.05) is 0 Å². The third-order valence-corrected chi connectivity index (χ3v) is 3.77. The molecule has 2 saturated heterocycles. The number of carbonyl (C=O) groups is 1. The standard InChI is InChI=1S/C13H24N2O3/c1-17-10-13(16)15-6-4-11(5-7-15)14-9-12-3-2-8-18-12/h11-12,14H,2-10H2,1H3. The van der Waals surface area contributed by atoms with E-state index in [2.05, 4.69) is 5.32 Å². The molecule has 0 aromatic rings. The Labute approximate surface area is 109 Å². The number of hydrogen-bond donors (Lipinski definition) is 1. The van der Waals surface area contributed by atoms with Crippen LogP contribution in [0, 0.1) is 0 Å². The highest BCUT2D eigenvalue weighted by molar-refractivity contribution is 5.77. The molecule has 0 aliphatic carbocycles. The molecule has 18 heavy (non-hydrogen) atoms. The van der Waals surface area contributed by atoms with Crippen molar-refractivity contribution in [2.75, 3.05) is 40.0 Å². The van der Waals surface area contributed by atoms with Gasteiger partial charge in [-0.2, -0.15) is 0 Å². The van der Waals surface area contributed by atoms with Gasteiger partial charge in [-0.3, -0.25) is 4.79 Å². The maximum absolute atomic E-state index is 11.6.